The van der Waals surface area contributed by atoms with Crippen LogP contribution in [0.2, 0.25) is 0 Å². The van der Waals surface area contributed by atoms with Gasteiger partial charge in [0.1, 0.15) is 5.82 Å². The fourth-order valence-corrected chi connectivity index (χ4v) is 2.80. The lowest BCUT2D eigenvalue weighted by molar-refractivity contribution is 0.0509. The number of hydrogen-bond acceptors (Lipinski definition) is 1. The van der Waals surface area contributed by atoms with Crippen LogP contribution in [0.4, 0.5) is 4.39 Å². The van der Waals surface area contributed by atoms with E-state index in [1.165, 1.54) is 17.2 Å². The molecule has 0 amide bonds. The molecule has 1 nitrogen and oxygen atoms in total. The molecule has 0 unspecified atom stereocenters. The second-order valence-electron chi connectivity index (χ2n) is 5.11. The molecule has 0 fully saturated rings. The van der Waals surface area contributed by atoms with Gasteiger partial charge in [0, 0.05) is 19.3 Å². The van der Waals surface area contributed by atoms with Crippen molar-refractivity contribution < 1.29 is 9.50 Å². The molecule has 0 aromatic heterocycles. The lowest BCUT2D eigenvalue weighted by Gasteiger charge is -2.22. The lowest BCUT2D eigenvalue weighted by atomic mass is 9.91. The summed E-state index contributed by atoms with van der Waals surface area (Å²) in [5.74, 6) is -0.234. The molecule has 2 heteroatoms. The quantitative estimate of drug-likeness (QED) is 0.858. The summed E-state index contributed by atoms with van der Waals surface area (Å²) >= 11 is 0. The van der Waals surface area contributed by atoms with E-state index < -0.39 is 5.60 Å². The van der Waals surface area contributed by atoms with E-state index in [1.54, 1.807) is 12.1 Å². The highest BCUT2D eigenvalue weighted by molar-refractivity contribution is 5.36. The largest absolute Gasteiger partial charge is 0.389 e. The third-order valence-electron chi connectivity index (χ3n) is 3.63. The van der Waals surface area contributed by atoms with Crippen molar-refractivity contribution in [3.8, 4) is 0 Å². The van der Waals surface area contributed by atoms with E-state index >= 15 is 0 Å². The number of halogens is 1. The average Bonchev–Trinajstić information content (AvgIpc) is 2.68. The number of benzene rings is 2. The monoisotopic (exact) mass is 242 g/mol. The van der Waals surface area contributed by atoms with Crippen LogP contribution in [0.25, 0.3) is 0 Å². The predicted molar refractivity (Wildman–Crippen MR) is 68.9 cm³/mol. The third kappa shape index (κ3) is 2.04. The highest BCUT2D eigenvalue weighted by atomic mass is 19.1. The van der Waals surface area contributed by atoms with Crippen molar-refractivity contribution in [1.29, 1.82) is 0 Å². The summed E-state index contributed by atoms with van der Waals surface area (Å²) in [6.45, 7) is 0. The molecule has 0 saturated carbocycles. The minimum absolute atomic E-state index is 0.234. The van der Waals surface area contributed by atoms with Gasteiger partial charge in [-0.3, -0.25) is 0 Å². The van der Waals surface area contributed by atoms with E-state index in [1.807, 2.05) is 30.3 Å². The van der Waals surface area contributed by atoms with E-state index in [0.717, 1.165) is 0 Å². The van der Waals surface area contributed by atoms with E-state index in [2.05, 4.69) is 0 Å². The highest BCUT2D eigenvalue weighted by Gasteiger charge is 2.35. The Morgan fingerprint density at radius 3 is 2.11 bits per heavy atom. The van der Waals surface area contributed by atoms with Gasteiger partial charge >= 0.3 is 0 Å². The molecule has 3 rings (SSSR count). The number of fused-ring (bicyclic) bond motifs is 1. The van der Waals surface area contributed by atoms with Crippen molar-refractivity contribution >= 4 is 0 Å². The Balaban J connectivity index is 1.85. The zero-order valence-electron chi connectivity index (χ0n) is 10.1. The molecule has 1 N–H and O–H groups in total. The van der Waals surface area contributed by atoms with Crippen molar-refractivity contribution in [2.45, 2.75) is 24.9 Å². The van der Waals surface area contributed by atoms with Crippen molar-refractivity contribution in [3.63, 3.8) is 0 Å². The summed E-state index contributed by atoms with van der Waals surface area (Å²) in [7, 11) is 0. The Bertz CT molecular complexity index is 552. The van der Waals surface area contributed by atoms with Gasteiger partial charge in [-0.25, -0.2) is 4.39 Å². The van der Waals surface area contributed by atoms with Crippen LogP contribution in [0.3, 0.4) is 0 Å². The van der Waals surface area contributed by atoms with Gasteiger partial charge in [-0.2, -0.15) is 0 Å². The van der Waals surface area contributed by atoms with Gasteiger partial charge in [0.2, 0.25) is 0 Å². The fraction of sp³-hybridized carbons (Fsp3) is 0.250. The molecule has 1 aliphatic carbocycles. The molecule has 0 bridgehead atoms. The van der Waals surface area contributed by atoms with Crippen molar-refractivity contribution in [3.05, 3.63) is 71.0 Å². The molecule has 0 saturated heterocycles. The van der Waals surface area contributed by atoms with E-state index in [4.69, 9.17) is 0 Å². The standard InChI is InChI=1S/C16H15FO/c17-15-8-4-3-7-14(15)11-16(18)9-12-5-1-2-6-13(12)10-16/h1-8,18H,9-11H2. The smallest absolute Gasteiger partial charge is 0.126 e. The molecule has 92 valence electrons. The molecule has 18 heavy (non-hydrogen) atoms. The van der Waals surface area contributed by atoms with Gasteiger partial charge in [0.15, 0.2) is 0 Å². The molecule has 2 aromatic rings. The summed E-state index contributed by atoms with van der Waals surface area (Å²) in [6.07, 6.45) is 1.59. The van der Waals surface area contributed by atoms with Gasteiger partial charge < -0.3 is 5.11 Å². The Kier molecular flexibility index (Phi) is 2.67. The molecular formula is C16H15FO. The maximum atomic E-state index is 13.6. The van der Waals surface area contributed by atoms with Gasteiger partial charge in [-0.05, 0) is 22.8 Å². The van der Waals surface area contributed by atoms with Crippen LogP contribution in [0.5, 0.6) is 0 Å². The fourth-order valence-electron chi connectivity index (χ4n) is 2.80. The van der Waals surface area contributed by atoms with Crippen molar-refractivity contribution in [2.75, 3.05) is 0 Å². The zero-order valence-corrected chi connectivity index (χ0v) is 10.1. The Morgan fingerprint density at radius 2 is 1.50 bits per heavy atom. The van der Waals surface area contributed by atoms with E-state index in [9.17, 15) is 9.50 Å². The summed E-state index contributed by atoms with van der Waals surface area (Å²) in [6, 6.07) is 14.7. The molecule has 0 radical (unpaired) electrons. The lowest BCUT2D eigenvalue weighted by Crippen LogP contribution is -2.32. The van der Waals surface area contributed by atoms with Crippen LogP contribution in [0, 0.1) is 5.82 Å². The van der Waals surface area contributed by atoms with Gasteiger partial charge in [0.25, 0.3) is 0 Å². The first-order chi connectivity index (χ1) is 8.66. The molecule has 0 spiro atoms. The third-order valence-corrected chi connectivity index (χ3v) is 3.63. The molecule has 0 aliphatic heterocycles. The average molecular weight is 242 g/mol. The summed E-state index contributed by atoms with van der Waals surface area (Å²) in [5.41, 5.74) is 2.10. The summed E-state index contributed by atoms with van der Waals surface area (Å²) < 4.78 is 13.6. The summed E-state index contributed by atoms with van der Waals surface area (Å²) in [5, 5.41) is 10.6. The van der Waals surface area contributed by atoms with Crippen molar-refractivity contribution in [1.82, 2.24) is 0 Å². The zero-order chi connectivity index (χ0) is 12.6. The van der Waals surface area contributed by atoms with Crippen LogP contribution in [0.1, 0.15) is 16.7 Å². The second kappa shape index (κ2) is 4.21. The summed E-state index contributed by atoms with van der Waals surface area (Å²) in [4.78, 5) is 0. The van der Waals surface area contributed by atoms with Gasteiger partial charge in [-0.15, -0.1) is 0 Å². The predicted octanol–water partition coefficient (Wildman–Crippen LogP) is 2.90. The first-order valence-electron chi connectivity index (χ1n) is 6.19. The second-order valence-corrected chi connectivity index (χ2v) is 5.11. The molecule has 1 aliphatic rings. The topological polar surface area (TPSA) is 20.2 Å². The molecular weight excluding hydrogens is 227 g/mol. The van der Waals surface area contributed by atoms with Gasteiger partial charge in [0.05, 0.1) is 5.60 Å². The Morgan fingerprint density at radius 1 is 0.944 bits per heavy atom. The Labute approximate surface area is 106 Å². The van der Waals surface area contributed by atoms with E-state index in [0.29, 0.717) is 24.8 Å². The van der Waals surface area contributed by atoms with Crippen molar-refractivity contribution in [2.24, 2.45) is 0 Å². The molecule has 0 atom stereocenters. The maximum Gasteiger partial charge on any atom is 0.126 e. The molecule has 2 aromatic carbocycles. The van der Waals surface area contributed by atoms with Crippen LogP contribution in [0.15, 0.2) is 48.5 Å². The highest BCUT2D eigenvalue weighted by Crippen LogP contribution is 2.32. The number of rotatable bonds is 2. The Hall–Kier alpha value is -1.67. The number of hydrogen-bond donors (Lipinski definition) is 1. The van der Waals surface area contributed by atoms with Crippen LogP contribution in [-0.2, 0) is 19.3 Å². The first-order valence-corrected chi connectivity index (χ1v) is 6.19. The van der Waals surface area contributed by atoms with Crippen LogP contribution in [-0.4, -0.2) is 10.7 Å². The van der Waals surface area contributed by atoms with Gasteiger partial charge in [-0.1, -0.05) is 42.5 Å². The van der Waals surface area contributed by atoms with Crippen LogP contribution >= 0.6 is 0 Å². The first kappa shape index (κ1) is 11.4. The van der Waals surface area contributed by atoms with Crippen LogP contribution < -0.4 is 0 Å². The minimum atomic E-state index is -0.841. The maximum absolute atomic E-state index is 13.6. The molecule has 0 heterocycles. The SMILES string of the molecule is OC1(Cc2ccccc2F)Cc2ccccc2C1. The van der Waals surface area contributed by atoms with E-state index in [-0.39, 0.29) is 5.82 Å². The normalized spacial score (nSPS) is 16.6. The number of aliphatic hydroxyl groups is 1. The minimum Gasteiger partial charge on any atom is -0.389 e.